The Bertz CT molecular complexity index is 729. The molecule has 0 saturated heterocycles. The van der Waals surface area contributed by atoms with E-state index >= 15 is 0 Å². The van der Waals surface area contributed by atoms with Crippen molar-refractivity contribution in [2.45, 2.75) is 0 Å². The van der Waals surface area contributed by atoms with Crippen molar-refractivity contribution < 1.29 is 19.1 Å². The van der Waals surface area contributed by atoms with E-state index < -0.39 is 12.0 Å². The van der Waals surface area contributed by atoms with E-state index in [9.17, 15) is 14.4 Å². The number of nitrogens with one attached hydrogen (secondary N) is 1. The number of amides is 3. The van der Waals surface area contributed by atoms with Crippen LogP contribution >= 0.6 is 0 Å². The fourth-order valence-corrected chi connectivity index (χ4v) is 1.83. The summed E-state index contributed by atoms with van der Waals surface area (Å²) in [6, 6.07) is 14.4. The molecule has 2 rings (SSSR count). The van der Waals surface area contributed by atoms with Crippen molar-refractivity contribution in [3.63, 3.8) is 0 Å². The van der Waals surface area contributed by atoms with Crippen LogP contribution in [0.5, 0.6) is 5.75 Å². The van der Waals surface area contributed by atoms with Crippen LogP contribution in [0.25, 0.3) is 0 Å². The van der Waals surface area contributed by atoms with Gasteiger partial charge in [-0.1, -0.05) is 18.2 Å². The maximum Gasteiger partial charge on any atom is 0.331 e. The van der Waals surface area contributed by atoms with Crippen LogP contribution in [-0.2, 0) is 4.79 Å². The Labute approximate surface area is 139 Å². The summed E-state index contributed by atoms with van der Waals surface area (Å²) in [4.78, 5) is 35.5. The average Bonchev–Trinajstić information content (AvgIpc) is 2.57. The molecule has 0 aliphatic heterocycles. The molecule has 24 heavy (non-hydrogen) atoms. The van der Waals surface area contributed by atoms with Crippen molar-refractivity contribution in [3.8, 4) is 5.75 Å². The van der Waals surface area contributed by atoms with Crippen LogP contribution in [0.4, 0.5) is 10.5 Å². The van der Waals surface area contributed by atoms with Gasteiger partial charge in [0.25, 0.3) is 5.91 Å². The molecule has 7 nitrogen and oxygen atoms in total. The molecule has 0 aliphatic rings. The predicted molar refractivity (Wildman–Crippen MR) is 88.7 cm³/mol. The first-order valence-electron chi connectivity index (χ1n) is 7.13. The van der Waals surface area contributed by atoms with Crippen LogP contribution in [0.2, 0.25) is 0 Å². The molecule has 0 spiro atoms. The molecule has 0 saturated carbocycles. The SMILES string of the molecule is CN(CC(=O)Oc1ccc(NC(=O)c2ccccc2)cc1)C(N)=O. The average molecular weight is 327 g/mol. The fourth-order valence-electron chi connectivity index (χ4n) is 1.83. The van der Waals surface area contributed by atoms with E-state index in [1.807, 2.05) is 6.07 Å². The second kappa shape index (κ2) is 7.77. The predicted octanol–water partition coefficient (Wildman–Crippen LogP) is 1.85. The molecule has 2 aromatic carbocycles. The third-order valence-corrected chi connectivity index (χ3v) is 3.12. The van der Waals surface area contributed by atoms with E-state index in [0.717, 1.165) is 4.90 Å². The van der Waals surface area contributed by atoms with Crippen LogP contribution in [0.15, 0.2) is 54.6 Å². The van der Waals surface area contributed by atoms with Gasteiger partial charge in [0.2, 0.25) is 0 Å². The van der Waals surface area contributed by atoms with Crippen molar-refractivity contribution in [2.75, 3.05) is 18.9 Å². The Morgan fingerprint density at radius 3 is 2.25 bits per heavy atom. The highest BCUT2D eigenvalue weighted by Crippen LogP contribution is 2.16. The minimum atomic E-state index is -0.717. The topological polar surface area (TPSA) is 102 Å². The van der Waals surface area contributed by atoms with Gasteiger partial charge < -0.3 is 20.7 Å². The lowest BCUT2D eigenvalue weighted by atomic mass is 10.2. The second-order valence-corrected chi connectivity index (χ2v) is 5.01. The Balaban J connectivity index is 1.92. The molecule has 0 aromatic heterocycles. The lowest BCUT2D eigenvalue weighted by Gasteiger charge is -2.13. The number of urea groups is 1. The number of nitrogens with two attached hydrogens (primary N) is 1. The van der Waals surface area contributed by atoms with E-state index in [1.165, 1.54) is 7.05 Å². The number of hydrogen-bond acceptors (Lipinski definition) is 4. The first-order chi connectivity index (χ1) is 11.5. The summed E-state index contributed by atoms with van der Waals surface area (Å²) < 4.78 is 5.08. The third kappa shape index (κ3) is 4.84. The summed E-state index contributed by atoms with van der Waals surface area (Å²) in [5.74, 6) is -0.545. The van der Waals surface area contributed by atoms with Crippen molar-refractivity contribution in [1.29, 1.82) is 0 Å². The number of esters is 1. The lowest BCUT2D eigenvalue weighted by Crippen LogP contribution is -2.37. The molecule has 0 atom stereocenters. The van der Waals surface area contributed by atoms with Crippen molar-refractivity contribution in [3.05, 3.63) is 60.2 Å². The lowest BCUT2D eigenvalue weighted by molar-refractivity contribution is -0.134. The Hall–Kier alpha value is -3.35. The molecule has 0 heterocycles. The summed E-state index contributed by atoms with van der Waals surface area (Å²) in [7, 11) is 1.39. The van der Waals surface area contributed by atoms with Gasteiger partial charge in [0, 0.05) is 18.3 Å². The number of carbonyl (C=O) groups excluding carboxylic acids is 3. The largest absolute Gasteiger partial charge is 0.425 e. The maximum absolute atomic E-state index is 12.0. The number of hydrogen-bond donors (Lipinski definition) is 2. The number of benzene rings is 2. The first kappa shape index (κ1) is 17.0. The van der Waals surface area contributed by atoms with Crippen molar-refractivity contribution in [2.24, 2.45) is 5.73 Å². The molecule has 0 radical (unpaired) electrons. The van der Waals surface area contributed by atoms with Crippen molar-refractivity contribution in [1.82, 2.24) is 4.90 Å². The molecule has 3 amide bonds. The molecule has 2 aromatic rings. The molecular formula is C17H17N3O4. The van der Waals surface area contributed by atoms with Gasteiger partial charge in [-0.15, -0.1) is 0 Å². The molecule has 0 unspecified atom stereocenters. The van der Waals surface area contributed by atoms with E-state index in [1.54, 1.807) is 48.5 Å². The van der Waals surface area contributed by atoms with Crippen molar-refractivity contribution >= 4 is 23.6 Å². The van der Waals surface area contributed by atoms with Crippen LogP contribution in [0.1, 0.15) is 10.4 Å². The zero-order valence-electron chi connectivity index (χ0n) is 13.1. The Morgan fingerprint density at radius 2 is 1.67 bits per heavy atom. The highest BCUT2D eigenvalue weighted by Gasteiger charge is 2.12. The Kier molecular flexibility index (Phi) is 5.51. The van der Waals surface area contributed by atoms with Crippen LogP contribution in [0, 0.1) is 0 Å². The number of carbonyl (C=O) groups is 3. The van der Waals surface area contributed by atoms with Gasteiger partial charge in [-0.05, 0) is 36.4 Å². The number of rotatable bonds is 5. The zero-order valence-corrected chi connectivity index (χ0v) is 13.1. The van der Waals surface area contributed by atoms with E-state index in [2.05, 4.69) is 5.32 Å². The zero-order chi connectivity index (χ0) is 17.5. The number of primary amides is 1. The normalized spacial score (nSPS) is 9.88. The van der Waals surface area contributed by atoms with Gasteiger partial charge in [0.05, 0.1) is 0 Å². The molecular weight excluding hydrogens is 310 g/mol. The van der Waals surface area contributed by atoms with Gasteiger partial charge in [-0.2, -0.15) is 0 Å². The summed E-state index contributed by atoms with van der Waals surface area (Å²) in [5.41, 5.74) is 6.14. The summed E-state index contributed by atoms with van der Waals surface area (Å²) in [6.07, 6.45) is 0. The molecule has 0 aliphatic carbocycles. The second-order valence-electron chi connectivity index (χ2n) is 5.01. The summed E-state index contributed by atoms with van der Waals surface area (Å²) >= 11 is 0. The van der Waals surface area contributed by atoms with Crippen LogP contribution < -0.4 is 15.8 Å². The quantitative estimate of drug-likeness (QED) is 0.646. The standard InChI is InChI=1S/C17H17N3O4/c1-20(17(18)23)11-15(21)24-14-9-7-13(8-10-14)19-16(22)12-5-3-2-4-6-12/h2-10H,11H2,1H3,(H2,18,23)(H,19,22). The highest BCUT2D eigenvalue weighted by molar-refractivity contribution is 6.04. The minimum Gasteiger partial charge on any atom is -0.425 e. The van der Waals surface area contributed by atoms with Gasteiger partial charge in [-0.25, -0.2) is 9.59 Å². The van der Waals surface area contributed by atoms with Gasteiger partial charge in [0.1, 0.15) is 12.3 Å². The molecule has 0 fully saturated rings. The summed E-state index contributed by atoms with van der Waals surface area (Å²) in [6.45, 7) is -0.248. The Morgan fingerprint density at radius 1 is 1.04 bits per heavy atom. The minimum absolute atomic E-state index is 0.233. The molecule has 7 heteroatoms. The van der Waals surface area contributed by atoms with E-state index in [4.69, 9.17) is 10.5 Å². The van der Waals surface area contributed by atoms with Gasteiger partial charge in [-0.3, -0.25) is 4.79 Å². The molecule has 3 N–H and O–H groups in total. The monoisotopic (exact) mass is 327 g/mol. The maximum atomic E-state index is 12.0. The summed E-state index contributed by atoms with van der Waals surface area (Å²) in [5, 5.41) is 2.74. The van der Waals surface area contributed by atoms with Crippen LogP contribution in [-0.4, -0.2) is 36.4 Å². The first-order valence-corrected chi connectivity index (χ1v) is 7.13. The van der Waals surface area contributed by atoms with E-state index in [-0.39, 0.29) is 12.5 Å². The number of ether oxygens (including phenoxy) is 1. The molecule has 124 valence electrons. The smallest absolute Gasteiger partial charge is 0.331 e. The number of likely N-dealkylation sites (N-methyl/N-ethyl adjacent to an activating group) is 1. The number of nitrogens with zero attached hydrogens (tertiary/aromatic N) is 1. The van der Waals surface area contributed by atoms with Gasteiger partial charge in [0.15, 0.2) is 0 Å². The van der Waals surface area contributed by atoms with Gasteiger partial charge >= 0.3 is 12.0 Å². The van der Waals surface area contributed by atoms with Crippen LogP contribution in [0.3, 0.4) is 0 Å². The van der Waals surface area contributed by atoms with E-state index in [0.29, 0.717) is 17.0 Å². The third-order valence-electron chi connectivity index (χ3n) is 3.12. The molecule has 0 bridgehead atoms. The fraction of sp³-hybridized carbons (Fsp3) is 0.118. The number of anilines is 1. The highest BCUT2D eigenvalue weighted by atomic mass is 16.5.